The molecule has 0 aromatic heterocycles. The van der Waals surface area contributed by atoms with Crippen molar-refractivity contribution in [3.05, 3.63) is 29.8 Å². The van der Waals surface area contributed by atoms with E-state index in [4.69, 9.17) is 5.73 Å². The number of rotatable bonds is 8. The van der Waals surface area contributed by atoms with Gasteiger partial charge in [-0.1, -0.05) is 37.0 Å². The van der Waals surface area contributed by atoms with Crippen molar-refractivity contribution >= 4 is 29.3 Å². The highest BCUT2D eigenvalue weighted by Gasteiger charge is 2.26. The van der Waals surface area contributed by atoms with Crippen LogP contribution >= 0.6 is 11.8 Å². The molecule has 0 spiro atoms. The molecule has 1 fully saturated rings. The largest absolute Gasteiger partial charge is 0.351 e. The number of anilines is 1. The molecule has 5 nitrogen and oxygen atoms in total. The van der Waals surface area contributed by atoms with Crippen molar-refractivity contribution in [2.75, 3.05) is 17.6 Å². The van der Waals surface area contributed by atoms with E-state index in [1.54, 1.807) is 0 Å². The number of hydrogen-bond donors (Lipinski definition) is 3. The summed E-state index contributed by atoms with van der Waals surface area (Å²) in [5.41, 5.74) is 7.81. The maximum atomic E-state index is 12.4. The first-order valence-electron chi connectivity index (χ1n) is 9.48. The highest BCUT2D eigenvalue weighted by molar-refractivity contribution is 8.01. The van der Waals surface area contributed by atoms with E-state index in [1.165, 1.54) is 31.0 Å². The molecule has 1 aliphatic carbocycles. The van der Waals surface area contributed by atoms with Crippen LogP contribution in [0, 0.1) is 12.8 Å². The van der Waals surface area contributed by atoms with Crippen LogP contribution in [0.3, 0.4) is 0 Å². The van der Waals surface area contributed by atoms with Crippen LogP contribution in [0.2, 0.25) is 0 Å². The summed E-state index contributed by atoms with van der Waals surface area (Å²) in [5, 5.41) is 5.67. The number of benzene rings is 1. The van der Waals surface area contributed by atoms with Crippen LogP contribution in [0.5, 0.6) is 0 Å². The molecule has 1 aliphatic rings. The molecule has 1 aromatic carbocycles. The Hall–Kier alpha value is -1.53. The van der Waals surface area contributed by atoms with E-state index in [2.05, 4.69) is 10.6 Å². The summed E-state index contributed by atoms with van der Waals surface area (Å²) in [6.45, 7) is 4.32. The molecule has 0 radical (unpaired) electrons. The Kier molecular flexibility index (Phi) is 8.45. The second kappa shape index (κ2) is 10.6. The van der Waals surface area contributed by atoms with Crippen LogP contribution in [-0.2, 0) is 9.59 Å². The zero-order valence-corrected chi connectivity index (χ0v) is 16.6. The lowest BCUT2D eigenvalue weighted by Gasteiger charge is -2.30. The Balaban J connectivity index is 1.74. The highest BCUT2D eigenvalue weighted by atomic mass is 32.2. The van der Waals surface area contributed by atoms with Gasteiger partial charge in [0.05, 0.1) is 11.0 Å². The second-order valence-electron chi connectivity index (χ2n) is 7.12. The molecule has 1 saturated carbocycles. The normalized spacial score (nSPS) is 17.3. The fourth-order valence-corrected chi connectivity index (χ4v) is 4.01. The monoisotopic (exact) mass is 377 g/mol. The standard InChI is InChI=1S/C20H31N3O2S/c1-14-8-10-17(11-9-14)22-19(24)13-26-15(2)20(25)23-18(12-21)16-6-4-3-5-7-16/h8-11,15-16,18H,3-7,12-13,21H2,1-2H3,(H,22,24)(H,23,25). The quantitative estimate of drug-likeness (QED) is 0.650. The number of nitrogens with one attached hydrogen (secondary N) is 2. The zero-order valence-electron chi connectivity index (χ0n) is 15.8. The molecule has 2 amide bonds. The number of carbonyl (C=O) groups is 2. The van der Waals surface area contributed by atoms with Crippen molar-refractivity contribution in [2.45, 2.75) is 57.2 Å². The number of hydrogen-bond acceptors (Lipinski definition) is 4. The summed E-state index contributed by atoms with van der Waals surface area (Å²) in [6, 6.07) is 7.72. The molecule has 0 heterocycles. The Morgan fingerprint density at radius 2 is 1.85 bits per heavy atom. The second-order valence-corrected chi connectivity index (χ2v) is 8.45. The van der Waals surface area contributed by atoms with Crippen LogP contribution in [-0.4, -0.2) is 35.4 Å². The molecule has 2 rings (SSSR count). The molecule has 1 aromatic rings. The van der Waals surface area contributed by atoms with E-state index < -0.39 is 0 Å². The first-order chi connectivity index (χ1) is 12.5. The van der Waals surface area contributed by atoms with Gasteiger partial charge in [-0.2, -0.15) is 0 Å². The van der Waals surface area contributed by atoms with Gasteiger partial charge < -0.3 is 16.4 Å². The molecule has 2 unspecified atom stereocenters. The van der Waals surface area contributed by atoms with Crippen LogP contribution in [0.4, 0.5) is 5.69 Å². The summed E-state index contributed by atoms with van der Waals surface area (Å²) in [4.78, 5) is 24.5. The molecule has 6 heteroatoms. The number of nitrogens with two attached hydrogens (primary N) is 1. The maximum Gasteiger partial charge on any atom is 0.234 e. The smallest absolute Gasteiger partial charge is 0.234 e. The number of aryl methyl sites for hydroxylation is 1. The van der Waals surface area contributed by atoms with Crippen molar-refractivity contribution in [3.8, 4) is 0 Å². The Morgan fingerprint density at radius 3 is 2.46 bits per heavy atom. The fourth-order valence-electron chi connectivity index (χ4n) is 3.32. The van der Waals surface area contributed by atoms with Gasteiger partial charge in [-0.25, -0.2) is 0 Å². The van der Waals surface area contributed by atoms with Crippen LogP contribution in [0.15, 0.2) is 24.3 Å². The van der Waals surface area contributed by atoms with E-state index in [0.717, 1.165) is 24.1 Å². The minimum absolute atomic E-state index is 0.0286. The molecule has 0 bridgehead atoms. The van der Waals surface area contributed by atoms with Gasteiger partial charge in [-0.05, 0) is 44.7 Å². The van der Waals surface area contributed by atoms with E-state index in [1.807, 2.05) is 38.1 Å². The number of amides is 2. The topological polar surface area (TPSA) is 84.2 Å². The summed E-state index contributed by atoms with van der Waals surface area (Å²) < 4.78 is 0. The van der Waals surface area contributed by atoms with Gasteiger partial charge in [0.1, 0.15) is 0 Å². The SMILES string of the molecule is Cc1ccc(NC(=O)CSC(C)C(=O)NC(CN)C2CCCCC2)cc1. The van der Waals surface area contributed by atoms with E-state index in [-0.39, 0.29) is 28.9 Å². The lowest BCUT2D eigenvalue weighted by molar-refractivity contribution is -0.121. The van der Waals surface area contributed by atoms with Crippen molar-refractivity contribution in [1.82, 2.24) is 5.32 Å². The predicted octanol–water partition coefficient (Wildman–Crippen LogP) is 3.08. The maximum absolute atomic E-state index is 12.4. The average Bonchev–Trinajstić information content (AvgIpc) is 2.66. The fraction of sp³-hybridized carbons (Fsp3) is 0.600. The third-order valence-corrected chi connectivity index (χ3v) is 6.11. The molecule has 0 aliphatic heterocycles. The molecular weight excluding hydrogens is 346 g/mol. The number of carbonyl (C=O) groups excluding carboxylic acids is 2. The van der Waals surface area contributed by atoms with Crippen LogP contribution < -0.4 is 16.4 Å². The van der Waals surface area contributed by atoms with Crippen molar-refractivity contribution < 1.29 is 9.59 Å². The van der Waals surface area contributed by atoms with E-state index in [0.29, 0.717) is 12.5 Å². The minimum Gasteiger partial charge on any atom is -0.351 e. The first kappa shape index (κ1) is 20.8. The van der Waals surface area contributed by atoms with Gasteiger partial charge in [0.15, 0.2) is 0 Å². The van der Waals surface area contributed by atoms with E-state index in [9.17, 15) is 9.59 Å². The first-order valence-corrected chi connectivity index (χ1v) is 10.5. The van der Waals surface area contributed by atoms with Crippen molar-refractivity contribution in [1.29, 1.82) is 0 Å². The molecule has 4 N–H and O–H groups in total. The predicted molar refractivity (Wildman–Crippen MR) is 109 cm³/mol. The molecule has 0 saturated heterocycles. The molecule has 2 atom stereocenters. The Bertz CT molecular complexity index is 585. The number of thioether (sulfide) groups is 1. The highest BCUT2D eigenvalue weighted by Crippen LogP contribution is 2.26. The van der Waals surface area contributed by atoms with Gasteiger partial charge in [-0.3, -0.25) is 9.59 Å². The Labute approximate surface area is 160 Å². The summed E-state index contributed by atoms with van der Waals surface area (Å²) in [6.07, 6.45) is 6.01. The summed E-state index contributed by atoms with van der Waals surface area (Å²) in [5.74, 6) is 0.610. The van der Waals surface area contributed by atoms with Gasteiger partial charge in [0.25, 0.3) is 0 Å². The van der Waals surface area contributed by atoms with Gasteiger partial charge in [0, 0.05) is 18.3 Å². The van der Waals surface area contributed by atoms with E-state index >= 15 is 0 Å². The minimum atomic E-state index is -0.281. The third kappa shape index (κ3) is 6.65. The van der Waals surface area contributed by atoms with Crippen molar-refractivity contribution in [2.24, 2.45) is 11.7 Å². The van der Waals surface area contributed by atoms with Crippen LogP contribution in [0.25, 0.3) is 0 Å². The summed E-state index contributed by atoms with van der Waals surface area (Å²) in [7, 11) is 0. The third-order valence-electron chi connectivity index (χ3n) is 4.97. The Morgan fingerprint density at radius 1 is 1.19 bits per heavy atom. The van der Waals surface area contributed by atoms with Gasteiger partial charge in [0.2, 0.25) is 11.8 Å². The zero-order chi connectivity index (χ0) is 18.9. The molecule has 144 valence electrons. The lowest BCUT2D eigenvalue weighted by Crippen LogP contribution is -2.48. The van der Waals surface area contributed by atoms with Gasteiger partial charge >= 0.3 is 0 Å². The molecular formula is C20H31N3O2S. The average molecular weight is 378 g/mol. The van der Waals surface area contributed by atoms with Crippen LogP contribution in [0.1, 0.15) is 44.6 Å². The lowest BCUT2D eigenvalue weighted by atomic mass is 9.84. The van der Waals surface area contributed by atoms with Gasteiger partial charge in [-0.15, -0.1) is 11.8 Å². The molecule has 26 heavy (non-hydrogen) atoms. The summed E-state index contributed by atoms with van der Waals surface area (Å²) >= 11 is 1.35. The van der Waals surface area contributed by atoms with Crippen molar-refractivity contribution in [3.63, 3.8) is 0 Å².